The standard InChI is InChI=1S/C3H6O4S/c1-3-2-6-8(4,5)7-3/h3H,2H2,1H3/p+1. The summed E-state index contributed by atoms with van der Waals surface area (Å²) < 4.78 is 28.0. The fraction of sp³-hybridized carbons (Fsp3) is 1.00. The summed E-state index contributed by atoms with van der Waals surface area (Å²) >= 11 is 0. The summed E-state index contributed by atoms with van der Waals surface area (Å²) in [7, 11) is -3.47. The highest BCUT2D eigenvalue weighted by Crippen LogP contribution is 2.06. The van der Waals surface area contributed by atoms with Crippen LogP contribution in [0.4, 0.5) is 0 Å². The largest absolute Gasteiger partial charge is 0.530 e. The summed E-state index contributed by atoms with van der Waals surface area (Å²) in [6, 6.07) is 0. The van der Waals surface area contributed by atoms with Crippen molar-refractivity contribution in [1.29, 1.82) is 0 Å². The lowest BCUT2D eigenvalue weighted by atomic mass is 10.5. The lowest BCUT2D eigenvalue weighted by Crippen LogP contribution is -2.08. The summed E-state index contributed by atoms with van der Waals surface area (Å²) in [5, 5.41) is 0. The van der Waals surface area contributed by atoms with Gasteiger partial charge in [-0.1, -0.05) is 0 Å². The van der Waals surface area contributed by atoms with Crippen molar-refractivity contribution < 1.29 is 16.8 Å². The quantitative estimate of drug-likeness (QED) is 0.325. The van der Waals surface area contributed by atoms with Gasteiger partial charge in [0.2, 0.25) is 0 Å². The first kappa shape index (κ1) is 6.00. The fourth-order valence-electron chi connectivity index (χ4n) is 0.466. The molecule has 4 nitrogen and oxygen atoms in total. The van der Waals surface area contributed by atoms with Crippen LogP contribution in [0, 0.1) is 0 Å². The fourth-order valence-corrected chi connectivity index (χ4v) is 1.40. The maximum absolute atomic E-state index is 10.3. The molecular formula is C3H7O4S+. The minimum Gasteiger partial charge on any atom is -0.294 e. The van der Waals surface area contributed by atoms with E-state index >= 15 is 0 Å². The Bertz CT molecular complexity index is 170. The van der Waals surface area contributed by atoms with Crippen LogP contribution >= 0.6 is 0 Å². The zero-order valence-corrected chi connectivity index (χ0v) is 5.18. The first-order valence-corrected chi connectivity index (χ1v) is 3.58. The van der Waals surface area contributed by atoms with E-state index in [-0.39, 0.29) is 12.7 Å². The van der Waals surface area contributed by atoms with Crippen molar-refractivity contribution in [1.82, 2.24) is 0 Å². The molecule has 0 aromatic heterocycles. The normalized spacial score (nSPS) is 35.4. The van der Waals surface area contributed by atoms with Crippen molar-refractivity contribution in [3.8, 4) is 0 Å². The monoisotopic (exact) mass is 139 g/mol. The van der Waals surface area contributed by atoms with Crippen LogP contribution in [0.1, 0.15) is 6.92 Å². The molecule has 1 atom stereocenters. The van der Waals surface area contributed by atoms with Crippen LogP contribution in [0.3, 0.4) is 0 Å². The number of aliphatic hydroxyl groups is 1. The van der Waals surface area contributed by atoms with Gasteiger partial charge in [-0.05, 0) is 0 Å². The highest BCUT2D eigenvalue weighted by Gasteiger charge is 2.32. The average molecular weight is 139 g/mol. The second-order valence-corrected chi connectivity index (χ2v) is 2.97. The Morgan fingerprint density at radius 3 is 2.50 bits per heavy atom. The summed E-state index contributed by atoms with van der Waals surface area (Å²) in [4.78, 5) is 0. The van der Waals surface area contributed by atoms with Gasteiger partial charge in [-0.3, -0.25) is 4.18 Å². The molecule has 1 fully saturated rings. The second-order valence-electron chi connectivity index (χ2n) is 1.67. The Balaban J connectivity index is 2.71. The molecule has 1 heterocycles. The molecule has 0 radical (unpaired) electrons. The van der Waals surface area contributed by atoms with Crippen LogP contribution in [0.5, 0.6) is 0 Å². The molecule has 1 saturated heterocycles. The molecule has 0 aromatic carbocycles. The first-order valence-electron chi connectivity index (χ1n) is 2.22. The van der Waals surface area contributed by atoms with Gasteiger partial charge < -0.3 is 0 Å². The maximum atomic E-state index is 10.3. The third-order valence-electron chi connectivity index (χ3n) is 0.767. The molecule has 0 aliphatic carbocycles. The number of hydrogen-bond donors (Lipinski definition) is 0. The summed E-state index contributed by atoms with van der Waals surface area (Å²) in [6.07, 6.45) is -0.194. The molecule has 0 saturated carbocycles. The Labute approximate surface area is 47.7 Å². The molecular weight excluding hydrogens is 132 g/mol. The van der Waals surface area contributed by atoms with Gasteiger partial charge in [-0.2, -0.15) is 4.18 Å². The lowest BCUT2D eigenvalue weighted by Gasteiger charge is -1.85. The highest BCUT2D eigenvalue weighted by atomic mass is 32.3. The molecule has 0 amide bonds. The van der Waals surface area contributed by atoms with E-state index in [2.05, 4.69) is 8.37 Å². The van der Waals surface area contributed by atoms with Gasteiger partial charge in [-0.25, -0.2) is 0 Å². The van der Waals surface area contributed by atoms with Gasteiger partial charge in [0, 0.05) is 6.92 Å². The van der Waals surface area contributed by atoms with Crippen molar-refractivity contribution in [2.24, 2.45) is 0 Å². The number of hydrogen-bond acceptors (Lipinski definition) is 3. The van der Waals surface area contributed by atoms with Crippen LogP contribution in [-0.2, 0) is 14.6 Å². The zero-order valence-electron chi connectivity index (χ0n) is 4.36. The summed E-state index contributed by atoms with van der Waals surface area (Å²) in [5.41, 5.74) is 0. The molecule has 48 valence electrons. The predicted molar refractivity (Wildman–Crippen MR) is 26.6 cm³/mol. The van der Waals surface area contributed by atoms with Gasteiger partial charge in [0.15, 0.2) is 6.10 Å². The maximum Gasteiger partial charge on any atom is 0.530 e. The van der Waals surface area contributed by atoms with Gasteiger partial charge in [-0.15, -0.1) is 8.42 Å². The Morgan fingerprint density at radius 1 is 1.75 bits per heavy atom. The van der Waals surface area contributed by atoms with Gasteiger partial charge in [0.1, 0.15) is 6.61 Å². The second kappa shape index (κ2) is 1.68. The lowest BCUT2D eigenvalue weighted by molar-refractivity contribution is 0.104. The van der Waals surface area contributed by atoms with Crippen LogP contribution in [0.2, 0.25) is 0 Å². The van der Waals surface area contributed by atoms with Crippen molar-refractivity contribution in [3.63, 3.8) is 0 Å². The van der Waals surface area contributed by atoms with Gasteiger partial charge >= 0.3 is 10.4 Å². The molecule has 1 N–H and O–H groups in total. The smallest absolute Gasteiger partial charge is 0.294 e. The molecule has 1 aliphatic rings. The third kappa shape index (κ3) is 1.18. The summed E-state index contributed by atoms with van der Waals surface area (Å²) in [5.74, 6) is 0. The molecule has 5 heteroatoms. The van der Waals surface area contributed by atoms with Crippen molar-refractivity contribution in [2.75, 3.05) is 6.61 Å². The Kier molecular flexibility index (Phi) is 1.26. The molecule has 0 bridgehead atoms. The molecule has 0 spiro atoms. The van der Waals surface area contributed by atoms with E-state index in [1.54, 1.807) is 6.92 Å². The van der Waals surface area contributed by atoms with E-state index in [0.29, 0.717) is 0 Å². The first-order chi connectivity index (χ1) is 3.60. The molecule has 8 heavy (non-hydrogen) atoms. The van der Waals surface area contributed by atoms with Crippen molar-refractivity contribution >= 4 is 10.4 Å². The van der Waals surface area contributed by atoms with Crippen molar-refractivity contribution in [3.05, 3.63) is 0 Å². The van der Waals surface area contributed by atoms with E-state index in [1.807, 2.05) is 0 Å². The van der Waals surface area contributed by atoms with Crippen LogP contribution in [0.25, 0.3) is 0 Å². The topological polar surface area (TPSA) is 56.2 Å². The SMILES string of the molecule is CC1COS(=O)(=O)[OH+]1. The van der Waals surface area contributed by atoms with E-state index in [4.69, 9.17) is 0 Å². The zero-order chi connectivity index (χ0) is 6.20. The van der Waals surface area contributed by atoms with Gasteiger partial charge in [0.05, 0.1) is 0 Å². The summed E-state index contributed by atoms with van der Waals surface area (Å²) in [6.45, 7) is 1.88. The molecule has 1 unspecified atom stereocenters. The van der Waals surface area contributed by atoms with E-state index in [1.165, 1.54) is 0 Å². The van der Waals surface area contributed by atoms with Crippen molar-refractivity contribution in [2.45, 2.75) is 13.0 Å². The minimum absolute atomic E-state index is 0.194. The molecule has 1 aliphatic heterocycles. The highest BCUT2D eigenvalue weighted by molar-refractivity contribution is 7.81. The van der Waals surface area contributed by atoms with E-state index < -0.39 is 10.4 Å². The predicted octanol–water partition coefficient (Wildman–Crippen LogP) is -0.822. The minimum atomic E-state index is -3.47. The van der Waals surface area contributed by atoms with E-state index in [0.717, 1.165) is 0 Å². The Hall–Kier alpha value is -0.130. The average Bonchev–Trinajstić information content (AvgIpc) is 1.82. The van der Waals surface area contributed by atoms with Gasteiger partial charge in [0.25, 0.3) is 0 Å². The molecule has 1 rings (SSSR count). The third-order valence-corrected chi connectivity index (χ3v) is 1.82. The van der Waals surface area contributed by atoms with Crippen LogP contribution in [-0.4, -0.2) is 25.3 Å². The Morgan fingerprint density at radius 2 is 2.38 bits per heavy atom. The number of rotatable bonds is 0. The molecule has 0 aromatic rings. The van der Waals surface area contributed by atoms with Crippen LogP contribution in [0.15, 0.2) is 0 Å². The van der Waals surface area contributed by atoms with Crippen LogP contribution < -0.4 is 0 Å². The van der Waals surface area contributed by atoms with E-state index in [9.17, 15) is 8.42 Å².